The maximum Gasteiger partial charge on any atom is 0.251 e. The average molecular weight is 533 g/mol. The molecule has 0 radical (unpaired) electrons. The summed E-state index contributed by atoms with van der Waals surface area (Å²) < 4.78 is 6.48. The van der Waals surface area contributed by atoms with Gasteiger partial charge in [0.15, 0.2) is 5.78 Å². The summed E-state index contributed by atoms with van der Waals surface area (Å²) in [6.07, 6.45) is 0.700. The van der Waals surface area contributed by atoms with Crippen molar-refractivity contribution in [1.82, 2.24) is 10.2 Å². The summed E-state index contributed by atoms with van der Waals surface area (Å²) in [4.78, 5) is 40.7. The van der Waals surface area contributed by atoms with Crippen LogP contribution in [0.4, 0.5) is 0 Å². The standard InChI is InChI=1S/C28H25BrN2O4/c29-22-12-6-18(7-13-22)16-23(28(34)31-15-14-25-26(31)24(32)17-35-25)30-27(33)21-10-8-20(9-11-21)19-4-2-1-3-5-19/h1-13,23,25-26H,14-17H2,(H,30,33). The number of rotatable bonds is 6. The van der Waals surface area contributed by atoms with Gasteiger partial charge >= 0.3 is 0 Å². The molecule has 3 aromatic rings. The molecule has 0 saturated carbocycles. The number of hydrogen-bond donors (Lipinski definition) is 1. The van der Waals surface area contributed by atoms with Crippen LogP contribution in [0.1, 0.15) is 22.3 Å². The van der Waals surface area contributed by atoms with Crippen molar-refractivity contribution in [2.45, 2.75) is 31.0 Å². The third-order valence-electron chi connectivity index (χ3n) is 6.61. The van der Waals surface area contributed by atoms with Crippen molar-refractivity contribution in [3.05, 3.63) is 94.5 Å². The Morgan fingerprint density at radius 2 is 1.66 bits per heavy atom. The number of ether oxygens (including phenoxy) is 1. The van der Waals surface area contributed by atoms with E-state index in [9.17, 15) is 14.4 Å². The minimum atomic E-state index is -0.801. The molecule has 5 rings (SSSR count). The number of carbonyl (C=O) groups is 3. The molecule has 3 atom stereocenters. The van der Waals surface area contributed by atoms with E-state index < -0.39 is 12.1 Å². The molecule has 2 fully saturated rings. The van der Waals surface area contributed by atoms with Gasteiger partial charge in [-0.15, -0.1) is 0 Å². The molecule has 2 amide bonds. The lowest BCUT2D eigenvalue weighted by Crippen LogP contribution is -2.53. The maximum absolute atomic E-state index is 13.6. The smallest absolute Gasteiger partial charge is 0.251 e. The number of carbonyl (C=O) groups excluding carboxylic acids is 3. The van der Waals surface area contributed by atoms with Gasteiger partial charge in [0.25, 0.3) is 5.91 Å². The van der Waals surface area contributed by atoms with Gasteiger partial charge in [-0.05, 0) is 47.4 Å². The molecule has 0 aliphatic carbocycles. The van der Waals surface area contributed by atoms with E-state index in [0.29, 0.717) is 24.9 Å². The van der Waals surface area contributed by atoms with Crippen LogP contribution in [-0.4, -0.2) is 53.8 Å². The normalized spacial score (nSPS) is 19.9. The molecule has 0 aromatic heterocycles. The molecule has 2 aliphatic heterocycles. The van der Waals surface area contributed by atoms with Crippen molar-refractivity contribution >= 4 is 33.5 Å². The number of fused-ring (bicyclic) bond motifs is 1. The Hall–Kier alpha value is -3.29. The van der Waals surface area contributed by atoms with E-state index >= 15 is 0 Å². The molecule has 6 nitrogen and oxygen atoms in total. The van der Waals surface area contributed by atoms with Crippen molar-refractivity contribution in [3.63, 3.8) is 0 Å². The lowest BCUT2D eigenvalue weighted by atomic mass is 10.0. The second kappa shape index (κ2) is 10.1. The van der Waals surface area contributed by atoms with E-state index in [1.807, 2.05) is 66.7 Å². The van der Waals surface area contributed by atoms with Crippen LogP contribution in [0.3, 0.4) is 0 Å². The summed E-state index contributed by atoms with van der Waals surface area (Å²) in [5.41, 5.74) is 3.45. The van der Waals surface area contributed by atoms with Crippen molar-refractivity contribution in [3.8, 4) is 11.1 Å². The molecule has 3 aromatic carbocycles. The topological polar surface area (TPSA) is 75.7 Å². The van der Waals surface area contributed by atoms with Gasteiger partial charge in [0.2, 0.25) is 5.91 Å². The largest absolute Gasteiger partial charge is 0.368 e. The minimum absolute atomic E-state index is 0.0383. The summed E-state index contributed by atoms with van der Waals surface area (Å²) >= 11 is 3.43. The second-order valence-electron chi connectivity index (χ2n) is 8.88. The van der Waals surface area contributed by atoms with Gasteiger partial charge in [-0.1, -0.05) is 70.5 Å². The number of halogens is 1. The number of nitrogens with zero attached hydrogens (tertiary/aromatic N) is 1. The van der Waals surface area contributed by atoms with Crippen molar-refractivity contribution < 1.29 is 19.1 Å². The van der Waals surface area contributed by atoms with Crippen LogP contribution in [0.2, 0.25) is 0 Å². The number of likely N-dealkylation sites (tertiary alicyclic amines) is 1. The molecule has 2 heterocycles. The predicted molar refractivity (Wildman–Crippen MR) is 136 cm³/mol. The highest BCUT2D eigenvalue weighted by atomic mass is 79.9. The fraction of sp³-hybridized carbons (Fsp3) is 0.250. The number of nitrogens with one attached hydrogen (secondary N) is 1. The van der Waals surface area contributed by atoms with Gasteiger partial charge in [0.1, 0.15) is 18.7 Å². The van der Waals surface area contributed by atoms with Crippen molar-refractivity contribution in [2.24, 2.45) is 0 Å². The average Bonchev–Trinajstić information content (AvgIpc) is 3.48. The van der Waals surface area contributed by atoms with Gasteiger partial charge in [-0.25, -0.2) is 0 Å². The van der Waals surface area contributed by atoms with Gasteiger partial charge in [-0.3, -0.25) is 14.4 Å². The molecule has 35 heavy (non-hydrogen) atoms. The van der Waals surface area contributed by atoms with E-state index in [2.05, 4.69) is 21.2 Å². The Morgan fingerprint density at radius 3 is 2.37 bits per heavy atom. The minimum Gasteiger partial charge on any atom is -0.368 e. The highest BCUT2D eigenvalue weighted by Crippen LogP contribution is 2.28. The Kier molecular flexibility index (Phi) is 6.79. The molecule has 2 aliphatic rings. The van der Waals surface area contributed by atoms with Crippen molar-refractivity contribution in [2.75, 3.05) is 13.2 Å². The first-order valence-electron chi connectivity index (χ1n) is 11.7. The quantitative estimate of drug-likeness (QED) is 0.520. The Morgan fingerprint density at radius 1 is 0.971 bits per heavy atom. The summed E-state index contributed by atoms with van der Waals surface area (Å²) in [7, 11) is 0. The number of benzene rings is 3. The SMILES string of the molecule is O=C(NC(Cc1ccc(Br)cc1)C(=O)N1CCC2OCC(=O)C21)c1ccc(-c2ccccc2)cc1. The van der Waals surface area contributed by atoms with Gasteiger partial charge < -0.3 is 15.0 Å². The fourth-order valence-electron chi connectivity index (χ4n) is 4.78. The number of amides is 2. The van der Waals surface area contributed by atoms with Crippen LogP contribution in [0.25, 0.3) is 11.1 Å². The highest BCUT2D eigenvalue weighted by molar-refractivity contribution is 9.10. The zero-order valence-electron chi connectivity index (χ0n) is 19.0. The van der Waals surface area contributed by atoms with E-state index in [1.54, 1.807) is 17.0 Å². The lowest BCUT2D eigenvalue weighted by molar-refractivity contribution is -0.138. The maximum atomic E-state index is 13.6. The summed E-state index contributed by atoms with van der Waals surface area (Å²) in [6.45, 7) is 0.481. The summed E-state index contributed by atoms with van der Waals surface area (Å²) in [5, 5.41) is 2.93. The first kappa shape index (κ1) is 23.5. The van der Waals surface area contributed by atoms with Gasteiger partial charge in [0, 0.05) is 23.0 Å². The third-order valence-corrected chi connectivity index (χ3v) is 7.13. The zero-order valence-corrected chi connectivity index (χ0v) is 20.6. The van der Waals surface area contributed by atoms with Crippen LogP contribution in [0, 0.1) is 0 Å². The predicted octanol–water partition coefficient (Wildman–Crippen LogP) is 4.03. The van der Waals surface area contributed by atoms with E-state index in [0.717, 1.165) is 21.2 Å². The molecule has 7 heteroatoms. The van der Waals surface area contributed by atoms with Crippen LogP contribution < -0.4 is 5.32 Å². The first-order chi connectivity index (χ1) is 17.0. The monoisotopic (exact) mass is 532 g/mol. The molecular weight excluding hydrogens is 508 g/mol. The molecule has 0 bridgehead atoms. The zero-order chi connectivity index (χ0) is 24.4. The van der Waals surface area contributed by atoms with E-state index in [-0.39, 0.29) is 30.3 Å². The van der Waals surface area contributed by atoms with Crippen LogP contribution in [0.15, 0.2) is 83.3 Å². The second-order valence-corrected chi connectivity index (χ2v) is 9.80. The van der Waals surface area contributed by atoms with Crippen LogP contribution >= 0.6 is 15.9 Å². The first-order valence-corrected chi connectivity index (χ1v) is 12.4. The number of Topliss-reactive ketones (excluding diaryl/α,β-unsaturated/α-hetero) is 1. The van der Waals surface area contributed by atoms with Gasteiger partial charge in [-0.2, -0.15) is 0 Å². The Balaban J connectivity index is 1.36. The van der Waals surface area contributed by atoms with Crippen molar-refractivity contribution in [1.29, 1.82) is 0 Å². The Labute approximate surface area is 212 Å². The summed E-state index contributed by atoms with van der Waals surface area (Å²) in [5.74, 6) is -0.663. The fourth-order valence-corrected chi connectivity index (χ4v) is 5.05. The number of hydrogen-bond acceptors (Lipinski definition) is 4. The van der Waals surface area contributed by atoms with E-state index in [4.69, 9.17) is 4.74 Å². The molecule has 2 saturated heterocycles. The van der Waals surface area contributed by atoms with Crippen LogP contribution in [-0.2, 0) is 20.7 Å². The summed E-state index contributed by atoms with van der Waals surface area (Å²) in [6, 6.07) is 23.5. The van der Waals surface area contributed by atoms with Crippen LogP contribution in [0.5, 0.6) is 0 Å². The Bertz CT molecular complexity index is 1230. The molecule has 0 spiro atoms. The van der Waals surface area contributed by atoms with E-state index in [1.165, 1.54) is 0 Å². The molecule has 178 valence electrons. The van der Waals surface area contributed by atoms with Gasteiger partial charge in [0.05, 0.1) is 6.10 Å². The highest BCUT2D eigenvalue weighted by Gasteiger charge is 2.48. The third kappa shape index (κ3) is 5.06. The molecule has 3 unspecified atom stereocenters. The molecule has 1 N–H and O–H groups in total. The number of ketones is 1. The molecular formula is C28H25BrN2O4. The lowest BCUT2D eigenvalue weighted by Gasteiger charge is -2.27.